The third-order valence-electron chi connectivity index (χ3n) is 3.40. The topological polar surface area (TPSA) is 57.5 Å². The minimum Gasteiger partial charge on any atom is -0.377 e. The van der Waals surface area contributed by atoms with Crippen LogP contribution in [0, 0.1) is 6.92 Å². The van der Waals surface area contributed by atoms with Crippen LogP contribution in [-0.2, 0) is 0 Å². The van der Waals surface area contributed by atoms with E-state index in [1.807, 2.05) is 31.2 Å². The van der Waals surface area contributed by atoms with E-state index in [4.69, 9.17) is 0 Å². The molecule has 0 radical (unpaired) electrons. The molecule has 1 aromatic carbocycles. The average molecular weight is 275 g/mol. The molecule has 1 aromatic heterocycles. The number of benzene rings is 1. The second-order valence-electron chi connectivity index (χ2n) is 5.10. The molecular weight excluding hydrogens is 254 g/mol. The van der Waals surface area contributed by atoms with E-state index in [0.717, 1.165) is 16.5 Å². The van der Waals surface area contributed by atoms with Crippen molar-refractivity contribution in [3.63, 3.8) is 0 Å². The van der Waals surface area contributed by atoms with Crippen molar-refractivity contribution in [2.45, 2.75) is 13.2 Å². The molecule has 20 heavy (non-hydrogen) atoms. The van der Waals surface area contributed by atoms with Crippen LogP contribution in [0.1, 0.15) is 10.4 Å². The number of aliphatic hydroxyl groups is 1. The third kappa shape index (κ3) is 3.07. The van der Waals surface area contributed by atoms with Crippen molar-refractivity contribution in [3.8, 4) is 0 Å². The van der Waals surface area contributed by atoms with Gasteiger partial charge in [0.1, 0.15) is 6.23 Å². The van der Waals surface area contributed by atoms with Gasteiger partial charge in [0, 0.05) is 18.1 Å². The Bertz CT molecular complexity index is 606. The maximum Gasteiger partial charge on any atom is 0.245 e. The Morgan fingerprint density at radius 3 is 2.90 bits per heavy atom. The van der Waals surface area contributed by atoms with E-state index in [0.29, 0.717) is 6.54 Å². The van der Waals surface area contributed by atoms with Crippen LogP contribution in [0.25, 0.3) is 10.9 Å². The summed E-state index contributed by atoms with van der Waals surface area (Å²) in [5, 5.41) is 13.8. The quantitative estimate of drug-likeness (QED) is 0.801. The van der Waals surface area contributed by atoms with Gasteiger partial charge in [-0.05, 0) is 38.7 Å². The zero-order valence-corrected chi connectivity index (χ0v) is 12.1. The number of hydrogen-bond donors (Lipinski definition) is 2. The van der Waals surface area contributed by atoms with Gasteiger partial charge in [0.25, 0.3) is 0 Å². The van der Waals surface area contributed by atoms with Crippen LogP contribution in [0.4, 0.5) is 0 Å². The number of likely N-dealkylation sites (N-methyl/N-ethyl adjacent to an activating group) is 2. The molecule has 0 aliphatic heterocycles. The van der Waals surface area contributed by atoms with Crippen LogP contribution in [0.15, 0.2) is 30.5 Å². The number of carbonyl (C=O) groups excluding carboxylic acids is 1. The molecule has 0 spiro atoms. The number of nitrogens with one attached hydrogen (secondary N) is 1. The minimum atomic E-state index is -0.674. The van der Waals surface area contributed by atoms with E-state index in [1.165, 1.54) is 0 Å². The Morgan fingerprint density at radius 1 is 1.45 bits per heavy atom. The summed E-state index contributed by atoms with van der Waals surface area (Å²) in [5.41, 5.74) is 2.03. The number of aryl methyl sites for hydroxylation is 1. The Hall–Kier alpha value is -1.69. The lowest BCUT2D eigenvalue weighted by Crippen LogP contribution is -2.42. The van der Waals surface area contributed by atoms with E-state index >= 15 is 0 Å². The largest absolute Gasteiger partial charge is 0.377 e. The molecule has 5 nitrogen and oxygen atoms in total. The Balaban J connectivity index is 2.17. The number of nitrogens with zero attached hydrogens (tertiary/aromatic N) is 2. The lowest BCUT2D eigenvalue weighted by Gasteiger charge is -2.22. The fourth-order valence-corrected chi connectivity index (χ4v) is 2.19. The van der Waals surface area contributed by atoms with Gasteiger partial charge in [-0.15, -0.1) is 0 Å². The van der Waals surface area contributed by atoms with Crippen LogP contribution in [-0.4, -0.2) is 53.9 Å². The molecule has 1 unspecified atom stereocenters. The van der Waals surface area contributed by atoms with Gasteiger partial charge in [0.05, 0.1) is 12.1 Å². The first-order valence-electron chi connectivity index (χ1n) is 6.66. The van der Waals surface area contributed by atoms with Crippen molar-refractivity contribution in [2.24, 2.45) is 0 Å². The number of aliphatic hydroxyl groups excluding tert-OH is 1. The highest BCUT2D eigenvalue weighted by atomic mass is 16.3. The molecule has 0 saturated carbocycles. The second kappa shape index (κ2) is 6.17. The molecule has 0 aliphatic carbocycles. The first kappa shape index (κ1) is 14.7. The van der Waals surface area contributed by atoms with Gasteiger partial charge in [0.2, 0.25) is 5.91 Å². The molecule has 2 aromatic rings. The Morgan fingerprint density at radius 2 is 2.20 bits per heavy atom. The highest BCUT2D eigenvalue weighted by Crippen LogP contribution is 2.17. The van der Waals surface area contributed by atoms with Gasteiger partial charge in [-0.3, -0.25) is 14.3 Å². The van der Waals surface area contributed by atoms with Crippen molar-refractivity contribution < 1.29 is 9.90 Å². The van der Waals surface area contributed by atoms with Crippen molar-refractivity contribution >= 4 is 16.8 Å². The highest BCUT2D eigenvalue weighted by molar-refractivity contribution is 5.93. The standard InChI is InChI=1S/C15H21N3O2/c1-11-4-5-12-6-7-18(13(12)8-11)15(20)10-17(3)14(19)9-16-2/h4-8,14,16,19H,9-10H2,1-3H3. The number of fused-ring (bicyclic) bond motifs is 1. The first-order chi connectivity index (χ1) is 9.52. The smallest absolute Gasteiger partial charge is 0.245 e. The predicted octanol–water partition coefficient (Wildman–Crippen LogP) is 1.06. The highest BCUT2D eigenvalue weighted by Gasteiger charge is 2.16. The van der Waals surface area contributed by atoms with Gasteiger partial charge < -0.3 is 10.4 Å². The molecule has 0 amide bonds. The summed E-state index contributed by atoms with van der Waals surface area (Å²) in [7, 11) is 3.50. The SMILES string of the molecule is CNCC(O)N(C)CC(=O)n1ccc2ccc(C)cc21. The minimum absolute atomic E-state index is 0.0525. The first-order valence-corrected chi connectivity index (χ1v) is 6.66. The monoisotopic (exact) mass is 275 g/mol. The Kier molecular flexibility index (Phi) is 4.54. The van der Waals surface area contributed by atoms with E-state index in [-0.39, 0.29) is 12.5 Å². The van der Waals surface area contributed by atoms with Gasteiger partial charge in [-0.1, -0.05) is 12.1 Å². The summed E-state index contributed by atoms with van der Waals surface area (Å²) in [5.74, 6) is -0.0525. The molecule has 1 atom stereocenters. The molecule has 1 heterocycles. The van der Waals surface area contributed by atoms with Crippen LogP contribution < -0.4 is 5.32 Å². The van der Waals surface area contributed by atoms with Gasteiger partial charge >= 0.3 is 0 Å². The molecule has 108 valence electrons. The summed E-state index contributed by atoms with van der Waals surface area (Å²) in [6.07, 6.45) is 1.11. The summed E-state index contributed by atoms with van der Waals surface area (Å²) < 4.78 is 1.64. The fourth-order valence-electron chi connectivity index (χ4n) is 2.19. The van der Waals surface area contributed by atoms with Gasteiger partial charge in [-0.25, -0.2) is 0 Å². The van der Waals surface area contributed by atoms with Crippen LogP contribution in [0.3, 0.4) is 0 Å². The maximum absolute atomic E-state index is 12.3. The van der Waals surface area contributed by atoms with Crippen molar-refractivity contribution in [3.05, 3.63) is 36.0 Å². The van der Waals surface area contributed by atoms with E-state index < -0.39 is 6.23 Å². The number of carbonyl (C=O) groups is 1. The molecule has 0 bridgehead atoms. The number of hydrogen-bond acceptors (Lipinski definition) is 4. The maximum atomic E-state index is 12.3. The van der Waals surface area contributed by atoms with Crippen LogP contribution >= 0.6 is 0 Å². The molecule has 5 heteroatoms. The molecule has 0 saturated heterocycles. The zero-order valence-electron chi connectivity index (χ0n) is 12.1. The molecule has 0 fully saturated rings. The predicted molar refractivity (Wildman–Crippen MR) is 79.9 cm³/mol. The van der Waals surface area contributed by atoms with Crippen LogP contribution in [0.5, 0.6) is 0 Å². The van der Waals surface area contributed by atoms with Crippen molar-refractivity contribution in [2.75, 3.05) is 27.2 Å². The van der Waals surface area contributed by atoms with Crippen molar-refractivity contribution in [1.29, 1.82) is 0 Å². The fraction of sp³-hybridized carbons (Fsp3) is 0.400. The van der Waals surface area contributed by atoms with E-state index in [9.17, 15) is 9.90 Å². The second-order valence-corrected chi connectivity index (χ2v) is 5.10. The summed E-state index contributed by atoms with van der Waals surface area (Å²) in [4.78, 5) is 14.0. The summed E-state index contributed by atoms with van der Waals surface area (Å²) in [6, 6.07) is 7.96. The average Bonchev–Trinajstić information content (AvgIpc) is 2.81. The molecular formula is C15H21N3O2. The van der Waals surface area contributed by atoms with E-state index in [1.54, 1.807) is 29.8 Å². The van der Waals surface area contributed by atoms with Gasteiger partial charge in [-0.2, -0.15) is 0 Å². The number of rotatable bonds is 5. The lowest BCUT2D eigenvalue weighted by atomic mass is 10.2. The molecule has 0 aliphatic rings. The summed E-state index contributed by atoms with van der Waals surface area (Å²) in [6.45, 7) is 2.60. The Labute approximate surface area is 118 Å². The normalized spacial score (nSPS) is 13.1. The van der Waals surface area contributed by atoms with Gasteiger partial charge in [0.15, 0.2) is 0 Å². The molecule has 2 rings (SSSR count). The zero-order chi connectivity index (χ0) is 14.7. The van der Waals surface area contributed by atoms with E-state index in [2.05, 4.69) is 5.32 Å². The lowest BCUT2D eigenvalue weighted by molar-refractivity contribution is 0.0226. The number of aromatic nitrogens is 1. The van der Waals surface area contributed by atoms with Crippen LogP contribution in [0.2, 0.25) is 0 Å². The molecule has 2 N–H and O–H groups in total. The van der Waals surface area contributed by atoms with Crippen molar-refractivity contribution in [1.82, 2.24) is 14.8 Å². The summed E-state index contributed by atoms with van der Waals surface area (Å²) >= 11 is 0. The third-order valence-corrected chi connectivity index (χ3v) is 3.40.